The smallest absolute Gasteiger partial charge is 0.225 e. The molecular weight excluding hydrogens is 238 g/mol. The Morgan fingerprint density at radius 1 is 1.42 bits per heavy atom. The molecule has 19 heavy (non-hydrogen) atoms. The van der Waals surface area contributed by atoms with Crippen LogP contribution in [0.4, 0.5) is 5.69 Å². The number of pyridine rings is 1. The summed E-state index contributed by atoms with van der Waals surface area (Å²) in [4.78, 5) is 21.2. The van der Waals surface area contributed by atoms with Crippen LogP contribution in [0.2, 0.25) is 0 Å². The van der Waals surface area contributed by atoms with E-state index in [2.05, 4.69) is 27.9 Å². The van der Waals surface area contributed by atoms with Gasteiger partial charge in [-0.1, -0.05) is 0 Å². The van der Waals surface area contributed by atoms with E-state index < -0.39 is 0 Å². The maximum atomic E-state index is 12.2. The number of carbonyl (C=O) groups excluding carboxylic acids is 1. The van der Waals surface area contributed by atoms with E-state index in [1.165, 1.54) is 11.4 Å². The molecule has 1 saturated carbocycles. The fourth-order valence-electron chi connectivity index (χ4n) is 3.70. The van der Waals surface area contributed by atoms with Crippen molar-refractivity contribution in [2.45, 2.75) is 24.7 Å². The Labute approximate surface area is 113 Å². The van der Waals surface area contributed by atoms with Gasteiger partial charge in [0.1, 0.15) is 0 Å². The fourth-order valence-corrected chi connectivity index (χ4v) is 3.70. The normalized spacial score (nSPS) is 29.1. The molecular formula is C15H19N3O. The quantitative estimate of drug-likeness (QED) is 0.763. The monoisotopic (exact) mass is 257 g/mol. The molecule has 1 aromatic heterocycles. The van der Waals surface area contributed by atoms with E-state index >= 15 is 0 Å². The van der Waals surface area contributed by atoms with Crippen LogP contribution in [0.3, 0.4) is 0 Å². The van der Waals surface area contributed by atoms with E-state index in [0.29, 0.717) is 11.8 Å². The van der Waals surface area contributed by atoms with Crippen molar-refractivity contribution in [1.82, 2.24) is 9.88 Å². The predicted molar refractivity (Wildman–Crippen MR) is 73.1 cm³/mol. The van der Waals surface area contributed by atoms with E-state index in [1.54, 1.807) is 0 Å². The molecule has 0 bridgehead atoms. The fraction of sp³-hybridized carbons (Fsp3) is 0.600. The summed E-state index contributed by atoms with van der Waals surface area (Å²) in [6.45, 7) is 2.75. The molecule has 1 saturated heterocycles. The van der Waals surface area contributed by atoms with Crippen LogP contribution < -0.4 is 4.90 Å². The number of likely N-dealkylation sites (N-methyl/N-ethyl adjacent to an activating group) is 1. The lowest BCUT2D eigenvalue weighted by Crippen LogP contribution is -2.38. The number of anilines is 1. The largest absolute Gasteiger partial charge is 0.372 e. The van der Waals surface area contributed by atoms with Crippen LogP contribution >= 0.6 is 0 Å². The predicted octanol–water partition coefficient (Wildman–Crippen LogP) is 1.41. The number of aromatic nitrogens is 1. The van der Waals surface area contributed by atoms with Gasteiger partial charge in [0.25, 0.3) is 0 Å². The van der Waals surface area contributed by atoms with Gasteiger partial charge in [0.15, 0.2) is 0 Å². The van der Waals surface area contributed by atoms with Gasteiger partial charge in [-0.05, 0) is 31.4 Å². The average Bonchev–Trinajstić information content (AvgIpc) is 3.14. The minimum absolute atomic E-state index is 0.0793. The summed E-state index contributed by atoms with van der Waals surface area (Å²) in [7, 11) is 2.13. The lowest BCUT2D eigenvalue weighted by molar-refractivity contribution is -0.131. The van der Waals surface area contributed by atoms with Gasteiger partial charge in [-0.15, -0.1) is 0 Å². The van der Waals surface area contributed by atoms with Crippen molar-refractivity contribution in [3.8, 4) is 0 Å². The second-order valence-corrected chi connectivity index (χ2v) is 6.29. The molecule has 4 rings (SSSR count). The number of hydrogen-bond acceptors (Lipinski definition) is 3. The molecule has 3 aliphatic rings. The van der Waals surface area contributed by atoms with Crippen LogP contribution in [-0.4, -0.2) is 42.5 Å². The third-order valence-corrected chi connectivity index (χ3v) is 4.83. The lowest BCUT2D eigenvalue weighted by atomic mass is 9.85. The Hall–Kier alpha value is -1.58. The number of hydrogen-bond donors (Lipinski definition) is 0. The van der Waals surface area contributed by atoms with Gasteiger partial charge >= 0.3 is 0 Å². The van der Waals surface area contributed by atoms with Crippen LogP contribution in [0, 0.1) is 5.92 Å². The molecule has 1 spiro atoms. The van der Waals surface area contributed by atoms with Gasteiger partial charge in [0, 0.05) is 38.8 Å². The highest BCUT2D eigenvalue weighted by atomic mass is 16.2. The third-order valence-electron chi connectivity index (χ3n) is 4.83. The van der Waals surface area contributed by atoms with Crippen molar-refractivity contribution >= 4 is 11.6 Å². The molecule has 1 aliphatic carbocycles. The van der Waals surface area contributed by atoms with Crippen LogP contribution in [0.5, 0.6) is 0 Å². The molecule has 2 fully saturated rings. The molecule has 0 radical (unpaired) electrons. The van der Waals surface area contributed by atoms with Crippen molar-refractivity contribution in [3.05, 3.63) is 24.0 Å². The Morgan fingerprint density at radius 3 is 3.05 bits per heavy atom. The number of rotatable bonds is 1. The molecule has 1 atom stereocenters. The number of carbonyl (C=O) groups is 1. The topological polar surface area (TPSA) is 36.4 Å². The summed E-state index contributed by atoms with van der Waals surface area (Å²) in [6, 6.07) is 4.14. The van der Waals surface area contributed by atoms with Gasteiger partial charge in [0.05, 0.1) is 16.8 Å². The Kier molecular flexibility index (Phi) is 2.20. The van der Waals surface area contributed by atoms with Gasteiger partial charge in [-0.25, -0.2) is 0 Å². The highest BCUT2D eigenvalue weighted by Gasteiger charge is 2.50. The second kappa shape index (κ2) is 3.71. The first-order valence-corrected chi connectivity index (χ1v) is 7.15. The first kappa shape index (κ1) is 11.3. The minimum Gasteiger partial charge on any atom is -0.372 e. The molecule has 1 amide bonds. The molecule has 0 unspecified atom stereocenters. The summed E-state index contributed by atoms with van der Waals surface area (Å²) >= 11 is 0. The number of amides is 1. The van der Waals surface area contributed by atoms with E-state index in [9.17, 15) is 4.79 Å². The van der Waals surface area contributed by atoms with Crippen molar-refractivity contribution < 1.29 is 4.79 Å². The molecule has 2 aliphatic heterocycles. The molecule has 3 heterocycles. The maximum Gasteiger partial charge on any atom is 0.225 e. The second-order valence-electron chi connectivity index (χ2n) is 6.29. The van der Waals surface area contributed by atoms with Gasteiger partial charge in [-0.3, -0.25) is 9.78 Å². The van der Waals surface area contributed by atoms with E-state index in [1.807, 2.05) is 12.3 Å². The van der Waals surface area contributed by atoms with Gasteiger partial charge in [-0.2, -0.15) is 0 Å². The van der Waals surface area contributed by atoms with Gasteiger partial charge in [0.2, 0.25) is 5.91 Å². The summed E-state index contributed by atoms with van der Waals surface area (Å²) < 4.78 is 0. The number of fused-ring (bicyclic) bond motifs is 2. The Bertz CT molecular complexity index is 540. The standard InChI is InChI=1S/C15H19N3O/c1-17-9-15(13-12(17)3-2-7-16-13)6-8-18(10-15)14(19)11-4-5-11/h2-3,7,11H,4-6,8-10H2,1H3/t15-/m1/s1. The molecule has 4 heteroatoms. The highest BCUT2D eigenvalue weighted by molar-refractivity contribution is 5.81. The highest BCUT2D eigenvalue weighted by Crippen LogP contribution is 2.45. The first-order chi connectivity index (χ1) is 9.20. The average molecular weight is 257 g/mol. The Balaban J connectivity index is 1.64. The third kappa shape index (κ3) is 1.58. The van der Waals surface area contributed by atoms with Crippen molar-refractivity contribution in [3.63, 3.8) is 0 Å². The van der Waals surface area contributed by atoms with Crippen LogP contribution in [0.1, 0.15) is 25.0 Å². The number of nitrogens with zero attached hydrogens (tertiary/aromatic N) is 3. The molecule has 100 valence electrons. The molecule has 4 nitrogen and oxygen atoms in total. The van der Waals surface area contributed by atoms with E-state index in [4.69, 9.17) is 0 Å². The van der Waals surface area contributed by atoms with Crippen molar-refractivity contribution in [1.29, 1.82) is 0 Å². The zero-order chi connectivity index (χ0) is 13.0. The first-order valence-electron chi connectivity index (χ1n) is 7.15. The van der Waals surface area contributed by atoms with Crippen LogP contribution in [-0.2, 0) is 10.2 Å². The molecule has 0 N–H and O–H groups in total. The maximum absolute atomic E-state index is 12.2. The van der Waals surface area contributed by atoms with E-state index in [0.717, 1.165) is 38.9 Å². The molecule has 1 aromatic rings. The van der Waals surface area contributed by atoms with Crippen LogP contribution in [0.25, 0.3) is 0 Å². The summed E-state index contributed by atoms with van der Waals surface area (Å²) in [6.07, 6.45) is 5.12. The summed E-state index contributed by atoms with van der Waals surface area (Å²) in [5, 5.41) is 0. The van der Waals surface area contributed by atoms with Crippen molar-refractivity contribution in [2.75, 3.05) is 31.6 Å². The molecule has 0 aromatic carbocycles. The SMILES string of the molecule is CN1C[C@@]2(CCN(C(=O)C3CC3)C2)c2ncccc21. The van der Waals surface area contributed by atoms with Crippen LogP contribution in [0.15, 0.2) is 18.3 Å². The van der Waals surface area contributed by atoms with Gasteiger partial charge < -0.3 is 9.80 Å². The summed E-state index contributed by atoms with van der Waals surface area (Å²) in [5.41, 5.74) is 2.52. The zero-order valence-corrected chi connectivity index (χ0v) is 11.3. The van der Waals surface area contributed by atoms with E-state index in [-0.39, 0.29) is 5.41 Å². The lowest BCUT2D eigenvalue weighted by Gasteiger charge is -2.24. The Morgan fingerprint density at radius 2 is 2.26 bits per heavy atom. The van der Waals surface area contributed by atoms with Crippen molar-refractivity contribution in [2.24, 2.45) is 5.92 Å². The minimum atomic E-state index is 0.0793. The number of likely N-dealkylation sites (tertiary alicyclic amines) is 1. The summed E-state index contributed by atoms with van der Waals surface area (Å²) in [5.74, 6) is 0.710. The zero-order valence-electron chi connectivity index (χ0n) is 11.3.